The largest absolute Gasteiger partial charge is 0.0621 e. The van der Waals surface area contributed by atoms with Crippen molar-refractivity contribution in [3.05, 3.63) is 60.2 Å². The molecule has 135 valence electrons. The molecule has 0 aliphatic heterocycles. The van der Waals surface area contributed by atoms with E-state index < -0.39 is 0 Å². The van der Waals surface area contributed by atoms with Gasteiger partial charge >= 0.3 is 0 Å². The van der Waals surface area contributed by atoms with Crippen LogP contribution in [0.25, 0.3) is 0 Å². The van der Waals surface area contributed by atoms with E-state index in [4.69, 9.17) is 0 Å². The zero-order valence-electron chi connectivity index (χ0n) is 17.4. The fourth-order valence-electron chi connectivity index (χ4n) is 2.86. The Bertz CT molecular complexity index is 593. The van der Waals surface area contributed by atoms with E-state index >= 15 is 0 Å². The Morgan fingerprint density at radius 2 is 1.04 bits per heavy atom. The van der Waals surface area contributed by atoms with Crippen molar-refractivity contribution in [2.24, 2.45) is 0 Å². The Hall–Kier alpha value is -0.180. The molecule has 0 spiro atoms. The van der Waals surface area contributed by atoms with Crippen LogP contribution in [0.1, 0.15) is 79.0 Å². The lowest BCUT2D eigenvalue weighted by Gasteiger charge is -2.32. The van der Waals surface area contributed by atoms with Crippen LogP contribution in [0.2, 0.25) is 0 Å². The van der Waals surface area contributed by atoms with Crippen molar-refractivity contribution < 1.29 is 0 Å². The summed E-state index contributed by atoms with van der Waals surface area (Å²) < 4.78 is 0. The molecule has 25 heavy (non-hydrogen) atoms. The van der Waals surface area contributed by atoms with Crippen molar-refractivity contribution in [3.8, 4) is 0 Å². The first-order chi connectivity index (χ1) is 11.3. The van der Waals surface area contributed by atoms with Gasteiger partial charge in [0, 0.05) is 11.0 Å². The van der Waals surface area contributed by atoms with Crippen molar-refractivity contribution in [1.29, 1.82) is 0 Å². The van der Waals surface area contributed by atoms with Gasteiger partial charge in [0.15, 0.2) is 0 Å². The first-order valence-electron chi connectivity index (χ1n) is 9.13. The average molecular weight is 371 g/mol. The highest BCUT2D eigenvalue weighted by Crippen LogP contribution is 2.42. The molecule has 0 heterocycles. The van der Waals surface area contributed by atoms with Gasteiger partial charge in [0.2, 0.25) is 0 Å². The van der Waals surface area contributed by atoms with E-state index in [9.17, 15) is 0 Å². The molecule has 0 unspecified atom stereocenters. The predicted octanol–water partition coefficient (Wildman–Crippen LogP) is 7.37. The molecular weight excluding hydrogens is 338 g/mol. The van der Waals surface area contributed by atoms with Crippen LogP contribution in [0.15, 0.2) is 12.1 Å². The van der Waals surface area contributed by atoms with E-state index in [0.717, 1.165) is 0 Å². The van der Waals surface area contributed by atoms with E-state index in [1.54, 1.807) is 0 Å². The Morgan fingerprint density at radius 1 is 0.600 bits per heavy atom. The zero-order valence-corrected chi connectivity index (χ0v) is 19.1. The molecule has 2 heteroatoms. The van der Waals surface area contributed by atoms with E-state index in [1.165, 1.54) is 43.4 Å². The van der Waals surface area contributed by atoms with Crippen LogP contribution >= 0.6 is 15.7 Å². The smallest absolute Gasteiger partial charge is 0.0374 e. The van der Waals surface area contributed by atoms with E-state index in [2.05, 4.69) is 100 Å². The SMILES string of the molecule is CC(C)(C)c1cc(C(C)(C)C)c(P=P[C]2[CH][CH][CH][CH]2)c(C(C)(C)C)c1. The molecule has 0 aromatic heterocycles. The second-order valence-corrected chi connectivity index (χ2v) is 12.6. The highest BCUT2D eigenvalue weighted by Gasteiger charge is 2.28. The monoisotopic (exact) mass is 371 g/mol. The van der Waals surface area contributed by atoms with Crippen molar-refractivity contribution in [2.45, 2.75) is 78.6 Å². The van der Waals surface area contributed by atoms with Crippen LogP contribution in [0, 0.1) is 31.3 Å². The first-order valence-corrected chi connectivity index (χ1v) is 11.6. The van der Waals surface area contributed by atoms with Gasteiger partial charge in [-0.1, -0.05) is 82.3 Å². The van der Waals surface area contributed by atoms with Crippen LogP contribution in [-0.2, 0) is 16.2 Å². The minimum Gasteiger partial charge on any atom is -0.0621 e. The first kappa shape index (κ1) is 21.1. The zero-order chi connectivity index (χ0) is 19.0. The third-order valence-corrected chi connectivity index (χ3v) is 7.41. The van der Waals surface area contributed by atoms with Crippen LogP contribution in [0.5, 0.6) is 0 Å². The number of rotatable bonds is 2. The Labute approximate surface area is 160 Å². The maximum atomic E-state index is 2.47. The number of hydrogen-bond donors (Lipinski definition) is 0. The van der Waals surface area contributed by atoms with Crippen LogP contribution in [0.4, 0.5) is 0 Å². The third-order valence-electron chi connectivity index (χ3n) is 4.50. The molecule has 1 fully saturated rings. The van der Waals surface area contributed by atoms with Crippen LogP contribution in [0.3, 0.4) is 0 Å². The topological polar surface area (TPSA) is 0 Å². The van der Waals surface area contributed by atoms with E-state index in [0.29, 0.717) is 0 Å². The molecule has 2 rings (SSSR count). The Balaban J connectivity index is 2.68. The van der Waals surface area contributed by atoms with Crippen molar-refractivity contribution in [3.63, 3.8) is 0 Å². The summed E-state index contributed by atoms with van der Waals surface area (Å²) in [6, 6.07) is 4.94. The maximum absolute atomic E-state index is 2.47. The van der Waals surface area contributed by atoms with Gasteiger partial charge in [0.1, 0.15) is 0 Å². The van der Waals surface area contributed by atoms with Crippen molar-refractivity contribution in [2.75, 3.05) is 0 Å². The summed E-state index contributed by atoms with van der Waals surface area (Å²) in [6.45, 7) is 21.0. The lowest BCUT2D eigenvalue weighted by molar-refractivity contribution is 0.554. The lowest BCUT2D eigenvalue weighted by atomic mass is 9.75. The fourth-order valence-corrected chi connectivity index (χ4v) is 6.09. The number of benzene rings is 1. The molecule has 1 aromatic rings. The molecule has 1 aliphatic carbocycles. The third kappa shape index (κ3) is 5.40. The molecule has 0 amide bonds. The van der Waals surface area contributed by atoms with Gasteiger partial charge in [-0.2, -0.15) is 0 Å². The Kier molecular flexibility index (Phi) is 6.29. The van der Waals surface area contributed by atoms with Gasteiger partial charge in [-0.15, -0.1) is 0 Å². The van der Waals surface area contributed by atoms with Crippen molar-refractivity contribution in [1.82, 2.24) is 0 Å². The maximum Gasteiger partial charge on any atom is 0.0374 e. The molecule has 0 bridgehead atoms. The average Bonchev–Trinajstić information content (AvgIpc) is 2.94. The highest BCUT2D eigenvalue weighted by molar-refractivity contribution is 7.89. The Morgan fingerprint density at radius 3 is 1.40 bits per heavy atom. The molecule has 1 saturated carbocycles. The van der Waals surface area contributed by atoms with Gasteiger partial charge in [-0.05, 0) is 66.5 Å². The fraction of sp³-hybridized carbons (Fsp3) is 0.522. The van der Waals surface area contributed by atoms with E-state index in [1.807, 2.05) is 0 Å². The molecular formula is C23H33P2. The normalized spacial score (nSPS) is 17.6. The summed E-state index contributed by atoms with van der Waals surface area (Å²) >= 11 is 0. The second-order valence-electron chi connectivity index (χ2n) is 10.0. The highest BCUT2D eigenvalue weighted by atomic mass is 31.7. The summed E-state index contributed by atoms with van der Waals surface area (Å²) in [5.41, 5.74) is 6.32. The second kappa shape index (κ2) is 7.44. The number of hydrogen-bond acceptors (Lipinski definition) is 0. The summed E-state index contributed by atoms with van der Waals surface area (Å²) in [5.74, 6) is 0. The quantitative estimate of drug-likeness (QED) is 0.476. The molecule has 0 atom stereocenters. The minimum atomic E-state index is 0.144. The summed E-state index contributed by atoms with van der Waals surface area (Å²) in [4.78, 5) is 0. The standard InChI is InChI=1S/C23H33P2/c1-21(2,3)16-14-18(22(4,5)6)20(19(15-16)23(7,8)9)25-24-17-12-10-11-13-17/h10-15H,1-9H3. The van der Waals surface area contributed by atoms with Gasteiger partial charge in [0.25, 0.3) is 0 Å². The minimum absolute atomic E-state index is 0.144. The summed E-state index contributed by atoms with van der Waals surface area (Å²) in [5, 5.41) is 1.52. The van der Waals surface area contributed by atoms with Gasteiger partial charge in [-0.25, -0.2) is 0 Å². The van der Waals surface area contributed by atoms with Crippen LogP contribution < -0.4 is 5.30 Å². The van der Waals surface area contributed by atoms with Gasteiger partial charge in [0.05, 0.1) is 0 Å². The van der Waals surface area contributed by atoms with E-state index in [-0.39, 0.29) is 16.2 Å². The lowest BCUT2D eigenvalue weighted by Crippen LogP contribution is -2.29. The molecule has 0 nitrogen and oxygen atoms in total. The molecule has 5 radical (unpaired) electrons. The summed E-state index contributed by atoms with van der Waals surface area (Å²) in [7, 11) is 2.76. The molecule has 0 saturated heterocycles. The van der Waals surface area contributed by atoms with Gasteiger partial charge < -0.3 is 0 Å². The van der Waals surface area contributed by atoms with Crippen molar-refractivity contribution >= 4 is 21.0 Å². The summed E-state index contributed by atoms with van der Waals surface area (Å²) in [6.07, 6.45) is 8.73. The van der Waals surface area contributed by atoms with Crippen LogP contribution in [-0.4, -0.2) is 0 Å². The van der Waals surface area contributed by atoms with Gasteiger partial charge in [-0.3, -0.25) is 0 Å². The predicted molar refractivity (Wildman–Crippen MR) is 116 cm³/mol. The molecule has 1 aromatic carbocycles. The molecule has 1 aliphatic rings. The molecule has 0 N–H and O–H groups in total.